The van der Waals surface area contributed by atoms with Gasteiger partial charge >= 0.3 is 0 Å². The fourth-order valence-corrected chi connectivity index (χ4v) is 2.07. The Morgan fingerprint density at radius 2 is 1.96 bits per heavy atom. The van der Waals surface area contributed by atoms with Gasteiger partial charge < -0.3 is 19.7 Å². The Morgan fingerprint density at radius 3 is 2.61 bits per heavy atom. The van der Waals surface area contributed by atoms with Gasteiger partial charge in [0.1, 0.15) is 5.69 Å². The Kier molecular flexibility index (Phi) is 5.59. The minimum Gasteiger partial charge on any atom is -0.493 e. The fraction of sp³-hybridized carbons (Fsp3) is 0.375. The zero-order valence-corrected chi connectivity index (χ0v) is 13.8. The highest BCUT2D eigenvalue weighted by Crippen LogP contribution is 2.31. The second-order valence-corrected chi connectivity index (χ2v) is 5.30. The Labute approximate surface area is 135 Å². The molecule has 0 bridgehead atoms. The molecule has 0 aliphatic carbocycles. The van der Waals surface area contributed by atoms with Gasteiger partial charge in [0.05, 0.1) is 19.9 Å². The van der Waals surface area contributed by atoms with Gasteiger partial charge in [-0.05, 0) is 38.4 Å². The van der Waals surface area contributed by atoms with Crippen LogP contribution < -0.4 is 14.8 Å². The monoisotopic (exact) mass is 318 g/mol. The first-order valence-electron chi connectivity index (χ1n) is 7.26. The third-order valence-corrected chi connectivity index (χ3v) is 3.35. The maximum atomic E-state index is 12.0. The van der Waals surface area contributed by atoms with Crippen molar-refractivity contribution in [3.05, 3.63) is 30.0 Å². The van der Waals surface area contributed by atoms with Crippen LogP contribution in [0.25, 0.3) is 11.3 Å². The number of aromatic nitrogens is 2. The predicted molar refractivity (Wildman–Crippen MR) is 88.0 cm³/mol. The molecule has 7 heteroatoms. The number of rotatable bonds is 7. The summed E-state index contributed by atoms with van der Waals surface area (Å²) in [5.41, 5.74) is 1.93. The Hall–Kier alpha value is -2.54. The molecule has 1 amide bonds. The van der Waals surface area contributed by atoms with E-state index in [9.17, 15) is 4.79 Å². The molecule has 1 aromatic carbocycles. The summed E-state index contributed by atoms with van der Waals surface area (Å²) >= 11 is 0. The maximum absolute atomic E-state index is 12.0. The molecule has 1 heterocycles. The van der Waals surface area contributed by atoms with E-state index >= 15 is 0 Å². The number of nitrogens with zero attached hydrogens (tertiary/aromatic N) is 2. The first-order chi connectivity index (χ1) is 11.0. The number of carbonyl (C=O) groups excluding carboxylic acids is 1. The number of amides is 1. The Balaban J connectivity index is 2.11. The molecule has 0 aliphatic heterocycles. The molecule has 124 valence electrons. The van der Waals surface area contributed by atoms with Gasteiger partial charge in [0.15, 0.2) is 11.5 Å². The Bertz CT molecular complexity index is 667. The van der Waals surface area contributed by atoms with Crippen molar-refractivity contribution in [1.82, 2.24) is 20.4 Å². The summed E-state index contributed by atoms with van der Waals surface area (Å²) in [6.45, 7) is 1.36. The third-order valence-electron chi connectivity index (χ3n) is 3.35. The number of ether oxygens (including phenoxy) is 2. The van der Waals surface area contributed by atoms with Crippen molar-refractivity contribution < 1.29 is 14.3 Å². The molecular weight excluding hydrogens is 296 g/mol. The van der Waals surface area contributed by atoms with Gasteiger partial charge in [-0.25, -0.2) is 0 Å². The van der Waals surface area contributed by atoms with E-state index in [-0.39, 0.29) is 5.91 Å². The van der Waals surface area contributed by atoms with Crippen molar-refractivity contribution in [2.75, 3.05) is 41.4 Å². The van der Waals surface area contributed by atoms with Gasteiger partial charge in [0, 0.05) is 18.7 Å². The molecule has 0 aliphatic rings. The second-order valence-electron chi connectivity index (χ2n) is 5.30. The fourth-order valence-electron chi connectivity index (χ4n) is 2.07. The van der Waals surface area contributed by atoms with Crippen molar-refractivity contribution >= 4 is 5.91 Å². The van der Waals surface area contributed by atoms with E-state index < -0.39 is 0 Å². The normalized spacial score (nSPS) is 10.7. The SMILES string of the molecule is COc1ccc(-c2cc(C(=O)NCCN(C)C)[nH]n2)cc1OC. The molecule has 7 nitrogen and oxygen atoms in total. The highest BCUT2D eigenvalue weighted by atomic mass is 16.5. The van der Waals surface area contributed by atoms with E-state index in [4.69, 9.17) is 9.47 Å². The highest BCUT2D eigenvalue weighted by Gasteiger charge is 2.12. The van der Waals surface area contributed by atoms with Crippen LogP contribution in [0.4, 0.5) is 0 Å². The number of hydrogen-bond acceptors (Lipinski definition) is 5. The van der Waals surface area contributed by atoms with Gasteiger partial charge in [-0.2, -0.15) is 5.10 Å². The average Bonchev–Trinajstić information content (AvgIpc) is 3.03. The number of aromatic amines is 1. The number of hydrogen-bond donors (Lipinski definition) is 2. The maximum Gasteiger partial charge on any atom is 0.269 e. The lowest BCUT2D eigenvalue weighted by Gasteiger charge is -2.09. The number of likely N-dealkylation sites (N-methyl/N-ethyl adjacent to an activating group) is 1. The quantitative estimate of drug-likeness (QED) is 0.806. The minimum atomic E-state index is -0.175. The summed E-state index contributed by atoms with van der Waals surface area (Å²) in [6.07, 6.45) is 0. The van der Waals surface area contributed by atoms with E-state index in [1.54, 1.807) is 26.4 Å². The number of carbonyl (C=O) groups is 1. The number of H-pyrrole nitrogens is 1. The van der Waals surface area contributed by atoms with Crippen LogP contribution in [0.5, 0.6) is 11.5 Å². The largest absolute Gasteiger partial charge is 0.493 e. The molecule has 0 radical (unpaired) electrons. The molecule has 0 spiro atoms. The van der Waals surface area contributed by atoms with Crippen molar-refractivity contribution in [1.29, 1.82) is 0 Å². The summed E-state index contributed by atoms with van der Waals surface area (Å²) in [5, 5.41) is 9.79. The molecular formula is C16H22N4O3. The molecule has 0 atom stereocenters. The molecule has 2 N–H and O–H groups in total. The molecule has 2 rings (SSSR count). The van der Waals surface area contributed by atoms with E-state index in [1.165, 1.54) is 0 Å². The van der Waals surface area contributed by atoms with Crippen LogP contribution in [-0.2, 0) is 0 Å². The van der Waals surface area contributed by atoms with Crippen LogP contribution in [-0.4, -0.2) is 62.4 Å². The van der Waals surface area contributed by atoms with E-state index in [0.29, 0.717) is 29.4 Å². The van der Waals surface area contributed by atoms with Crippen LogP contribution in [0.2, 0.25) is 0 Å². The van der Waals surface area contributed by atoms with Crippen molar-refractivity contribution in [2.24, 2.45) is 0 Å². The predicted octanol–water partition coefficient (Wildman–Crippen LogP) is 1.39. The molecule has 0 saturated carbocycles. The molecule has 23 heavy (non-hydrogen) atoms. The van der Waals surface area contributed by atoms with Gasteiger partial charge in [-0.15, -0.1) is 0 Å². The van der Waals surface area contributed by atoms with E-state index in [2.05, 4.69) is 15.5 Å². The molecule has 0 saturated heterocycles. The highest BCUT2D eigenvalue weighted by molar-refractivity contribution is 5.93. The standard InChI is InChI=1S/C16H22N4O3/c1-20(2)8-7-17-16(21)13-10-12(18-19-13)11-5-6-14(22-3)15(9-11)23-4/h5-6,9-10H,7-8H2,1-4H3,(H,17,21)(H,18,19). The molecule has 1 aromatic heterocycles. The summed E-state index contributed by atoms with van der Waals surface area (Å²) in [6, 6.07) is 7.21. The smallest absolute Gasteiger partial charge is 0.269 e. The second kappa shape index (κ2) is 7.64. The zero-order valence-electron chi connectivity index (χ0n) is 13.8. The lowest BCUT2D eigenvalue weighted by Crippen LogP contribution is -2.31. The summed E-state index contributed by atoms with van der Waals surface area (Å²) in [5.74, 6) is 1.09. The van der Waals surface area contributed by atoms with Crippen LogP contribution in [0.15, 0.2) is 24.3 Å². The molecule has 2 aromatic rings. The van der Waals surface area contributed by atoms with Gasteiger partial charge in [-0.3, -0.25) is 9.89 Å². The first-order valence-corrected chi connectivity index (χ1v) is 7.26. The zero-order chi connectivity index (χ0) is 16.8. The van der Waals surface area contributed by atoms with Crippen LogP contribution in [0, 0.1) is 0 Å². The lowest BCUT2D eigenvalue weighted by atomic mass is 10.1. The molecule has 0 fully saturated rings. The van der Waals surface area contributed by atoms with Gasteiger partial charge in [0.25, 0.3) is 5.91 Å². The topological polar surface area (TPSA) is 79.5 Å². The number of methoxy groups -OCH3 is 2. The van der Waals surface area contributed by atoms with Crippen molar-refractivity contribution in [3.63, 3.8) is 0 Å². The van der Waals surface area contributed by atoms with Crippen molar-refractivity contribution in [3.8, 4) is 22.8 Å². The van der Waals surface area contributed by atoms with Gasteiger partial charge in [-0.1, -0.05) is 0 Å². The van der Waals surface area contributed by atoms with E-state index in [0.717, 1.165) is 12.1 Å². The van der Waals surface area contributed by atoms with Crippen molar-refractivity contribution in [2.45, 2.75) is 0 Å². The summed E-state index contributed by atoms with van der Waals surface area (Å²) in [7, 11) is 7.08. The third kappa shape index (κ3) is 4.23. The van der Waals surface area contributed by atoms with E-state index in [1.807, 2.05) is 31.1 Å². The summed E-state index contributed by atoms with van der Waals surface area (Å²) < 4.78 is 10.5. The van der Waals surface area contributed by atoms with Crippen LogP contribution >= 0.6 is 0 Å². The number of benzene rings is 1. The Morgan fingerprint density at radius 1 is 1.22 bits per heavy atom. The first kappa shape index (κ1) is 16.8. The lowest BCUT2D eigenvalue weighted by molar-refractivity contribution is 0.0946. The summed E-state index contributed by atoms with van der Waals surface area (Å²) in [4.78, 5) is 14.1. The minimum absolute atomic E-state index is 0.175. The van der Waals surface area contributed by atoms with Crippen LogP contribution in [0.3, 0.4) is 0 Å². The van der Waals surface area contributed by atoms with Crippen LogP contribution in [0.1, 0.15) is 10.5 Å². The average molecular weight is 318 g/mol. The molecule has 0 unspecified atom stereocenters. The number of nitrogens with one attached hydrogen (secondary N) is 2. The van der Waals surface area contributed by atoms with Gasteiger partial charge in [0.2, 0.25) is 0 Å².